The Bertz CT molecular complexity index is 1620. The van der Waals surface area contributed by atoms with Crippen molar-refractivity contribution < 1.29 is 19.1 Å². The fourth-order valence-corrected chi connectivity index (χ4v) is 11.4. The Kier molecular flexibility index (Phi) is 14.4. The number of nitrogens with zero attached hydrogens (tertiary/aromatic N) is 1. The van der Waals surface area contributed by atoms with E-state index >= 15 is 0 Å². The summed E-state index contributed by atoms with van der Waals surface area (Å²) in [6.07, 6.45) is 3.12. The van der Waals surface area contributed by atoms with Gasteiger partial charge in [0.05, 0.1) is 0 Å². The van der Waals surface area contributed by atoms with E-state index in [2.05, 4.69) is 135 Å². The summed E-state index contributed by atoms with van der Waals surface area (Å²) in [7, 11) is -2.72. The summed E-state index contributed by atoms with van der Waals surface area (Å²) in [5.74, 6) is 2.09. The molecule has 1 saturated heterocycles. The van der Waals surface area contributed by atoms with Crippen molar-refractivity contribution >= 4 is 30.4 Å². The van der Waals surface area contributed by atoms with E-state index < -0.39 is 14.4 Å². The normalized spacial score (nSPS) is 14.5. The van der Waals surface area contributed by atoms with Crippen LogP contribution in [0.25, 0.3) is 0 Å². The molecule has 0 unspecified atom stereocenters. The van der Waals surface area contributed by atoms with Gasteiger partial charge in [-0.2, -0.15) is 0 Å². The van der Waals surface area contributed by atoms with Crippen molar-refractivity contribution in [3.8, 4) is 11.5 Å². The van der Waals surface area contributed by atoms with Crippen LogP contribution in [0.3, 0.4) is 0 Å². The molecule has 0 spiro atoms. The van der Waals surface area contributed by atoms with E-state index in [1.807, 2.05) is 29.2 Å². The summed E-state index contributed by atoms with van der Waals surface area (Å²) in [4.78, 5) is 14.4. The first-order valence-corrected chi connectivity index (χ1v) is 21.2. The number of aliphatic hydroxyl groups excluding tert-OH is 1. The van der Waals surface area contributed by atoms with Gasteiger partial charge in [0.25, 0.3) is 0 Å². The first-order chi connectivity index (χ1) is 25.5. The van der Waals surface area contributed by atoms with Crippen LogP contribution in [-0.4, -0.2) is 75.8 Å². The third-order valence-electron chi connectivity index (χ3n) is 10.0. The van der Waals surface area contributed by atoms with Crippen molar-refractivity contribution in [1.82, 2.24) is 15.5 Å². The highest BCUT2D eigenvalue weighted by Crippen LogP contribution is 2.38. The number of carbonyl (C=O) groups is 1. The van der Waals surface area contributed by atoms with Crippen LogP contribution in [0.1, 0.15) is 59.4 Å². The molecular formula is C44H60N4O4Si. The summed E-state index contributed by atoms with van der Waals surface area (Å²) in [6, 6.07) is 38.0. The third kappa shape index (κ3) is 11.3. The molecule has 0 aromatic heterocycles. The number of carbonyl (C=O) groups excluding carboxylic acids is 1. The largest absolute Gasteiger partial charge is 0.534 e. The predicted molar refractivity (Wildman–Crippen MR) is 220 cm³/mol. The van der Waals surface area contributed by atoms with Gasteiger partial charge in [0.15, 0.2) is 0 Å². The maximum absolute atomic E-state index is 12.4. The Morgan fingerprint density at radius 2 is 1.42 bits per heavy atom. The van der Waals surface area contributed by atoms with Crippen LogP contribution in [0.4, 0.5) is 10.5 Å². The second-order valence-corrected chi connectivity index (χ2v) is 19.9. The number of ether oxygens (including phenoxy) is 1. The van der Waals surface area contributed by atoms with E-state index in [1.54, 1.807) is 0 Å². The van der Waals surface area contributed by atoms with E-state index in [1.165, 1.54) is 15.9 Å². The standard InChI is InChI=1S/C44H60N4O4Si/c1-34(2)24-29-46-43(50)48-30-26-37(27-31-48)47-36-18-16-35(17-19-36)25-28-45-32-38(49)33-51-39-20-22-40(23-21-39)52-53(44(3,4)5,41-12-8-6-9-13-41)42-14-10-7-11-15-42/h6-23,34,37-38,45,47,49H,24-33H2,1-5H3,(H,46,50)/t38-/m0/s1. The minimum atomic E-state index is -2.72. The Morgan fingerprint density at radius 1 is 0.830 bits per heavy atom. The molecule has 0 bridgehead atoms. The molecule has 9 heteroatoms. The van der Waals surface area contributed by atoms with Crippen molar-refractivity contribution in [2.45, 2.75) is 77.5 Å². The van der Waals surface area contributed by atoms with Crippen molar-refractivity contribution in [1.29, 1.82) is 0 Å². The minimum absolute atomic E-state index is 0.0608. The van der Waals surface area contributed by atoms with Crippen LogP contribution in [-0.2, 0) is 6.42 Å². The molecule has 1 atom stereocenters. The summed E-state index contributed by atoms with van der Waals surface area (Å²) in [5, 5.41) is 23.0. The molecule has 1 fully saturated rings. The van der Waals surface area contributed by atoms with Gasteiger partial charge in [0.1, 0.15) is 24.2 Å². The molecule has 4 aromatic rings. The maximum Gasteiger partial charge on any atom is 0.319 e. The monoisotopic (exact) mass is 736 g/mol. The molecule has 1 heterocycles. The molecule has 0 aliphatic carbocycles. The smallest absolute Gasteiger partial charge is 0.319 e. The lowest BCUT2D eigenvalue weighted by atomic mass is 10.0. The lowest BCUT2D eigenvalue weighted by Crippen LogP contribution is -2.68. The van der Waals surface area contributed by atoms with Crippen LogP contribution in [0.15, 0.2) is 109 Å². The average molecular weight is 737 g/mol. The molecule has 53 heavy (non-hydrogen) atoms. The number of nitrogens with one attached hydrogen (secondary N) is 3. The van der Waals surface area contributed by atoms with Crippen LogP contribution in [0.5, 0.6) is 11.5 Å². The van der Waals surface area contributed by atoms with Gasteiger partial charge in [-0.3, -0.25) is 0 Å². The fraction of sp³-hybridized carbons (Fsp3) is 0.432. The number of rotatable bonds is 17. The van der Waals surface area contributed by atoms with Crippen molar-refractivity contribution in [2.75, 3.05) is 44.6 Å². The molecule has 0 radical (unpaired) electrons. The van der Waals surface area contributed by atoms with Crippen molar-refractivity contribution in [3.63, 3.8) is 0 Å². The van der Waals surface area contributed by atoms with Gasteiger partial charge in [0, 0.05) is 37.9 Å². The van der Waals surface area contributed by atoms with Crippen LogP contribution in [0, 0.1) is 5.92 Å². The molecule has 0 saturated carbocycles. The number of benzene rings is 4. The second kappa shape index (κ2) is 19.1. The number of hydrogen-bond donors (Lipinski definition) is 4. The molecule has 1 aliphatic heterocycles. The number of amides is 2. The number of likely N-dealkylation sites (tertiary alicyclic amines) is 1. The molecule has 5 rings (SSSR count). The SMILES string of the molecule is CC(C)CCNC(=O)N1CCC(Nc2ccc(CCNC[C@H](O)COc3ccc(O[Si](c4ccccc4)(c4ccccc4)C(C)(C)C)cc3)cc2)CC1. The molecule has 284 valence electrons. The van der Waals surface area contributed by atoms with E-state index in [9.17, 15) is 9.90 Å². The van der Waals surface area contributed by atoms with Crippen LogP contribution < -0.4 is 35.5 Å². The minimum Gasteiger partial charge on any atom is -0.534 e. The van der Waals surface area contributed by atoms with Gasteiger partial charge in [-0.15, -0.1) is 0 Å². The molecular weight excluding hydrogens is 677 g/mol. The Hall–Kier alpha value is -4.31. The number of aliphatic hydroxyl groups is 1. The molecule has 8 nitrogen and oxygen atoms in total. The van der Waals surface area contributed by atoms with Crippen molar-refractivity contribution in [2.24, 2.45) is 5.92 Å². The number of anilines is 1. The quantitative estimate of drug-likeness (QED) is 0.0702. The van der Waals surface area contributed by atoms with Gasteiger partial charge in [-0.25, -0.2) is 4.79 Å². The Labute approximate surface area is 318 Å². The zero-order valence-corrected chi connectivity index (χ0v) is 33.3. The zero-order valence-electron chi connectivity index (χ0n) is 32.3. The zero-order chi connectivity index (χ0) is 37.7. The summed E-state index contributed by atoms with van der Waals surface area (Å²) in [6.45, 7) is 14.8. The van der Waals surface area contributed by atoms with Gasteiger partial charge in [-0.05, 0) is 95.5 Å². The summed E-state index contributed by atoms with van der Waals surface area (Å²) < 4.78 is 13.1. The van der Waals surface area contributed by atoms with Gasteiger partial charge < -0.3 is 35.1 Å². The van der Waals surface area contributed by atoms with Crippen LogP contribution >= 0.6 is 0 Å². The first kappa shape index (κ1) is 39.9. The molecule has 4 aromatic carbocycles. The van der Waals surface area contributed by atoms with E-state index in [-0.39, 0.29) is 17.7 Å². The summed E-state index contributed by atoms with van der Waals surface area (Å²) in [5.41, 5.74) is 2.35. The topological polar surface area (TPSA) is 95.1 Å². The number of piperidine rings is 1. The fourth-order valence-electron chi connectivity index (χ4n) is 6.99. The van der Waals surface area contributed by atoms with Crippen LogP contribution in [0.2, 0.25) is 5.04 Å². The highest BCUT2D eigenvalue weighted by molar-refractivity contribution is 7.00. The third-order valence-corrected chi connectivity index (χ3v) is 15.0. The highest BCUT2D eigenvalue weighted by atomic mass is 28.4. The van der Waals surface area contributed by atoms with Gasteiger partial charge in [0.2, 0.25) is 0 Å². The lowest BCUT2D eigenvalue weighted by Gasteiger charge is -2.43. The number of hydrogen-bond acceptors (Lipinski definition) is 6. The van der Waals surface area contributed by atoms with E-state index in [4.69, 9.17) is 9.16 Å². The first-order valence-electron chi connectivity index (χ1n) is 19.3. The van der Waals surface area contributed by atoms with Gasteiger partial charge >= 0.3 is 14.3 Å². The average Bonchev–Trinajstić information content (AvgIpc) is 3.16. The van der Waals surface area contributed by atoms with E-state index in [0.29, 0.717) is 24.3 Å². The molecule has 4 N–H and O–H groups in total. The maximum atomic E-state index is 12.4. The predicted octanol–water partition coefficient (Wildman–Crippen LogP) is 6.83. The number of urea groups is 1. The Morgan fingerprint density at radius 3 is 1.98 bits per heavy atom. The highest BCUT2D eigenvalue weighted by Gasteiger charge is 2.52. The Balaban J connectivity index is 1.02. The van der Waals surface area contributed by atoms with E-state index in [0.717, 1.165) is 63.3 Å². The van der Waals surface area contributed by atoms with Gasteiger partial charge in [-0.1, -0.05) is 107 Å². The van der Waals surface area contributed by atoms with Crippen molar-refractivity contribution in [3.05, 3.63) is 115 Å². The second-order valence-electron chi connectivity index (χ2n) is 15.7. The lowest BCUT2D eigenvalue weighted by molar-refractivity contribution is 0.106. The molecule has 1 aliphatic rings. The summed E-state index contributed by atoms with van der Waals surface area (Å²) >= 11 is 0. The molecule has 2 amide bonds.